The summed E-state index contributed by atoms with van der Waals surface area (Å²) in [6, 6.07) is 12.0. The minimum atomic E-state index is -0.0702. The van der Waals surface area contributed by atoms with Crippen LogP contribution >= 0.6 is 27.3 Å². The molecule has 1 saturated heterocycles. The molecular formula is C17H19BrN2O2S. The molecule has 1 aromatic carbocycles. The highest BCUT2D eigenvalue weighted by Crippen LogP contribution is 2.25. The van der Waals surface area contributed by atoms with E-state index in [1.54, 1.807) is 11.3 Å². The van der Waals surface area contributed by atoms with Gasteiger partial charge >= 0.3 is 6.03 Å². The number of amides is 2. The van der Waals surface area contributed by atoms with E-state index >= 15 is 0 Å². The van der Waals surface area contributed by atoms with Crippen LogP contribution in [0, 0.1) is 0 Å². The van der Waals surface area contributed by atoms with Gasteiger partial charge in [0, 0.05) is 15.9 Å². The third-order valence-corrected chi connectivity index (χ3v) is 5.74. The maximum absolute atomic E-state index is 12.5. The van der Waals surface area contributed by atoms with Gasteiger partial charge in [0.05, 0.1) is 19.2 Å². The van der Waals surface area contributed by atoms with Crippen molar-refractivity contribution in [3.8, 4) is 0 Å². The lowest BCUT2D eigenvalue weighted by Crippen LogP contribution is -2.49. The molecular weight excluding hydrogens is 376 g/mol. The van der Waals surface area contributed by atoms with Crippen LogP contribution in [0.3, 0.4) is 0 Å². The van der Waals surface area contributed by atoms with Crippen molar-refractivity contribution < 1.29 is 9.53 Å². The largest absolute Gasteiger partial charge is 0.367 e. The predicted molar refractivity (Wildman–Crippen MR) is 95.6 cm³/mol. The first kappa shape index (κ1) is 16.5. The van der Waals surface area contributed by atoms with Crippen LogP contribution in [0.1, 0.15) is 23.5 Å². The number of rotatable bonds is 3. The molecule has 0 radical (unpaired) electrons. The van der Waals surface area contributed by atoms with E-state index in [1.165, 1.54) is 0 Å². The molecule has 2 aromatic rings. The fraction of sp³-hybridized carbons (Fsp3) is 0.353. The van der Waals surface area contributed by atoms with Crippen LogP contribution in [0.25, 0.3) is 0 Å². The minimum absolute atomic E-state index is 0.0215. The zero-order chi connectivity index (χ0) is 16.2. The molecule has 1 aliphatic rings. The fourth-order valence-corrected chi connectivity index (χ4v) is 4.12. The molecule has 1 aromatic heterocycles. The number of hydrogen-bond donors (Lipinski definition) is 1. The average Bonchev–Trinajstić information content (AvgIpc) is 2.98. The second kappa shape index (κ2) is 7.47. The predicted octanol–water partition coefficient (Wildman–Crippen LogP) is 4.18. The van der Waals surface area contributed by atoms with Crippen LogP contribution in [-0.4, -0.2) is 30.1 Å². The summed E-state index contributed by atoms with van der Waals surface area (Å²) >= 11 is 5.12. The summed E-state index contributed by atoms with van der Waals surface area (Å²) in [5, 5.41) is 5.01. The maximum atomic E-state index is 12.5. The van der Waals surface area contributed by atoms with Crippen molar-refractivity contribution >= 4 is 33.3 Å². The molecule has 122 valence electrons. The first-order valence-electron chi connectivity index (χ1n) is 7.58. The molecule has 1 N–H and O–H groups in total. The number of carbonyl (C=O) groups is 1. The summed E-state index contributed by atoms with van der Waals surface area (Å²) in [5.41, 5.74) is 1.11. The van der Waals surface area contributed by atoms with E-state index in [4.69, 9.17) is 4.74 Å². The standard InChI is InChI=1S/C17H19BrN2O2S/c1-12-10-20(11-15(22-12)13-5-3-2-4-6-13)17(21)19-9-16-14(18)7-8-23-16/h2-8,12,15H,9-11H2,1H3,(H,19,21)/t12-,15-/m0/s1. The van der Waals surface area contributed by atoms with Gasteiger partial charge in [-0.2, -0.15) is 0 Å². The van der Waals surface area contributed by atoms with Crippen molar-refractivity contribution in [2.24, 2.45) is 0 Å². The molecule has 2 atom stereocenters. The molecule has 6 heteroatoms. The van der Waals surface area contributed by atoms with Crippen molar-refractivity contribution in [3.63, 3.8) is 0 Å². The Bertz CT molecular complexity index is 662. The number of benzene rings is 1. The van der Waals surface area contributed by atoms with Gasteiger partial charge in [-0.25, -0.2) is 4.79 Å². The highest BCUT2D eigenvalue weighted by molar-refractivity contribution is 9.10. The Morgan fingerprint density at radius 2 is 2.13 bits per heavy atom. The Balaban J connectivity index is 1.62. The molecule has 4 nitrogen and oxygen atoms in total. The first-order valence-corrected chi connectivity index (χ1v) is 9.26. The highest BCUT2D eigenvalue weighted by atomic mass is 79.9. The molecule has 0 spiro atoms. The van der Waals surface area contributed by atoms with Crippen LogP contribution in [-0.2, 0) is 11.3 Å². The molecule has 0 aliphatic carbocycles. The SMILES string of the molecule is C[C@H]1CN(C(=O)NCc2sccc2Br)C[C@@H](c2ccccc2)O1. The maximum Gasteiger partial charge on any atom is 0.317 e. The Morgan fingerprint density at radius 1 is 1.35 bits per heavy atom. The molecule has 23 heavy (non-hydrogen) atoms. The van der Waals surface area contributed by atoms with Gasteiger partial charge in [-0.3, -0.25) is 0 Å². The van der Waals surface area contributed by atoms with Gasteiger partial charge in [-0.05, 0) is 39.9 Å². The number of nitrogens with zero attached hydrogens (tertiary/aromatic N) is 1. The number of carbonyl (C=O) groups excluding carboxylic acids is 1. The monoisotopic (exact) mass is 394 g/mol. The van der Waals surface area contributed by atoms with E-state index in [0.29, 0.717) is 19.6 Å². The molecule has 1 fully saturated rings. The van der Waals surface area contributed by atoms with E-state index in [9.17, 15) is 4.79 Å². The third-order valence-electron chi connectivity index (χ3n) is 3.81. The van der Waals surface area contributed by atoms with Crippen molar-refractivity contribution in [2.45, 2.75) is 25.7 Å². The summed E-state index contributed by atoms with van der Waals surface area (Å²) in [4.78, 5) is 15.4. The number of hydrogen-bond acceptors (Lipinski definition) is 3. The van der Waals surface area contributed by atoms with E-state index < -0.39 is 0 Å². The topological polar surface area (TPSA) is 41.6 Å². The van der Waals surface area contributed by atoms with Gasteiger partial charge < -0.3 is 15.0 Å². The molecule has 2 amide bonds. The van der Waals surface area contributed by atoms with Gasteiger partial charge in [0.15, 0.2) is 0 Å². The number of ether oxygens (including phenoxy) is 1. The lowest BCUT2D eigenvalue weighted by molar-refractivity contribution is -0.0657. The number of halogens is 1. The second-order valence-corrected chi connectivity index (χ2v) is 7.46. The lowest BCUT2D eigenvalue weighted by Gasteiger charge is -2.37. The van der Waals surface area contributed by atoms with Crippen LogP contribution in [0.5, 0.6) is 0 Å². The molecule has 2 heterocycles. The van der Waals surface area contributed by atoms with Gasteiger partial charge in [0.1, 0.15) is 6.10 Å². The van der Waals surface area contributed by atoms with Crippen LogP contribution in [0.15, 0.2) is 46.3 Å². The molecule has 3 rings (SSSR count). The first-order chi connectivity index (χ1) is 11.1. The van der Waals surface area contributed by atoms with Gasteiger partial charge in [-0.15, -0.1) is 11.3 Å². The number of morpholine rings is 1. The van der Waals surface area contributed by atoms with Crippen molar-refractivity contribution in [3.05, 3.63) is 56.7 Å². The molecule has 1 aliphatic heterocycles. The zero-order valence-electron chi connectivity index (χ0n) is 12.9. The smallest absolute Gasteiger partial charge is 0.317 e. The van der Waals surface area contributed by atoms with Crippen molar-refractivity contribution in [2.75, 3.05) is 13.1 Å². The van der Waals surface area contributed by atoms with Gasteiger partial charge in [0.2, 0.25) is 0 Å². The summed E-state index contributed by atoms with van der Waals surface area (Å²) in [7, 11) is 0. The summed E-state index contributed by atoms with van der Waals surface area (Å²) in [6.45, 7) is 3.73. The Kier molecular flexibility index (Phi) is 5.35. The summed E-state index contributed by atoms with van der Waals surface area (Å²) in [6.07, 6.45) is -0.0487. The van der Waals surface area contributed by atoms with Gasteiger partial charge in [-0.1, -0.05) is 30.3 Å². The van der Waals surface area contributed by atoms with Crippen molar-refractivity contribution in [1.82, 2.24) is 10.2 Å². The Labute approximate surface area is 148 Å². The quantitative estimate of drug-likeness (QED) is 0.847. The fourth-order valence-electron chi connectivity index (χ4n) is 2.69. The number of thiophene rings is 1. The third kappa shape index (κ3) is 4.13. The van der Waals surface area contributed by atoms with E-state index in [-0.39, 0.29) is 18.2 Å². The average molecular weight is 395 g/mol. The highest BCUT2D eigenvalue weighted by Gasteiger charge is 2.29. The Morgan fingerprint density at radius 3 is 2.83 bits per heavy atom. The van der Waals surface area contributed by atoms with E-state index in [2.05, 4.69) is 21.2 Å². The number of nitrogens with one attached hydrogen (secondary N) is 1. The molecule has 0 saturated carbocycles. The molecule has 0 unspecified atom stereocenters. The number of urea groups is 1. The van der Waals surface area contributed by atoms with E-state index in [0.717, 1.165) is 14.9 Å². The van der Waals surface area contributed by atoms with Crippen LogP contribution in [0.4, 0.5) is 4.79 Å². The van der Waals surface area contributed by atoms with Gasteiger partial charge in [0.25, 0.3) is 0 Å². The molecule has 0 bridgehead atoms. The minimum Gasteiger partial charge on any atom is -0.367 e. The Hall–Kier alpha value is -1.37. The second-order valence-electron chi connectivity index (χ2n) is 5.60. The van der Waals surface area contributed by atoms with Crippen LogP contribution in [0.2, 0.25) is 0 Å². The van der Waals surface area contributed by atoms with E-state index in [1.807, 2.05) is 53.6 Å². The zero-order valence-corrected chi connectivity index (χ0v) is 15.3. The normalized spacial score (nSPS) is 21.2. The summed E-state index contributed by atoms with van der Waals surface area (Å²) < 4.78 is 7.04. The van der Waals surface area contributed by atoms with Crippen molar-refractivity contribution in [1.29, 1.82) is 0 Å². The lowest BCUT2D eigenvalue weighted by atomic mass is 10.1. The van der Waals surface area contributed by atoms with Crippen LogP contribution < -0.4 is 5.32 Å². The summed E-state index contributed by atoms with van der Waals surface area (Å²) in [5.74, 6) is 0.